The molecule has 2 rings (SSSR count). The normalized spacial score (nSPS) is 23.2. The number of piperazine rings is 1. The number of rotatable bonds is 3. The maximum Gasteiger partial charge on any atom is 0.0643 e. The highest BCUT2D eigenvalue weighted by Crippen LogP contribution is 2.31. The molecule has 1 aromatic carbocycles. The molecular weight excluding hydrogens is 234 g/mol. The molecule has 0 spiro atoms. The monoisotopic (exact) mass is 257 g/mol. The van der Waals surface area contributed by atoms with Crippen molar-refractivity contribution in [3.63, 3.8) is 0 Å². The second kappa shape index (κ2) is 6.08. The Balaban J connectivity index is 2.44. The van der Waals surface area contributed by atoms with E-state index in [0.29, 0.717) is 12.5 Å². The van der Waals surface area contributed by atoms with Crippen molar-refractivity contribution in [1.82, 2.24) is 5.32 Å². The largest absolute Gasteiger partial charge is 0.362 e. The van der Waals surface area contributed by atoms with Crippen LogP contribution in [0.2, 0.25) is 0 Å². The number of hydrogen-bond acceptors (Lipinski definition) is 3. The summed E-state index contributed by atoms with van der Waals surface area (Å²) < 4.78 is 0. The lowest BCUT2D eigenvalue weighted by molar-refractivity contribution is 0.416. The summed E-state index contributed by atoms with van der Waals surface area (Å²) in [6.45, 7) is 8.49. The van der Waals surface area contributed by atoms with Crippen molar-refractivity contribution >= 4 is 5.69 Å². The molecule has 1 heterocycles. The molecule has 1 N–H and O–H groups in total. The van der Waals surface area contributed by atoms with Gasteiger partial charge in [0.25, 0.3) is 0 Å². The minimum atomic E-state index is 0.278. The Bertz CT molecular complexity index is 475. The topological polar surface area (TPSA) is 39.1 Å². The minimum absolute atomic E-state index is 0.278. The first-order valence-corrected chi connectivity index (χ1v) is 7.13. The third-order valence-electron chi connectivity index (χ3n) is 3.98. The standard InChI is InChI=1S/C16H23N3/c1-4-14-7-5-6-12(2)16(14)19-13(3)10-18-11-15(19)8-9-17/h5-7,13,15,18H,4,8,10-11H2,1-3H3. The van der Waals surface area contributed by atoms with Crippen LogP contribution in [0.4, 0.5) is 5.69 Å². The van der Waals surface area contributed by atoms with Gasteiger partial charge in [0.2, 0.25) is 0 Å². The van der Waals surface area contributed by atoms with Gasteiger partial charge < -0.3 is 10.2 Å². The van der Waals surface area contributed by atoms with Gasteiger partial charge in [-0.05, 0) is 31.4 Å². The zero-order chi connectivity index (χ0) is 13.8. The molecule has 3 heteroatoms. The number of benzene rings is 1. The second-order valence-corrected chi connectivity index (χ2v) is 5.37. The fraction of sp³-hybridized carbons (Fsp3) is 0.562. The molecule has 0 radical (unpaired) electrons. The van der Waals surface area contributed by atoms with E-state index in [-0.39, 0.29) is 6.04 Å². The van der Waals surface area contributed by atoms with Gasteiger partial charge in [0.05, 0.1) is 18.5 Å². The summed E-state index contributed by atoms with van der Waals surface area (Å²) in [5.41, 5.74) is 4.05. The van der Waals surface area contributed by atoms with Crippen molar-refractivity contribution in [3.05, 3.63) is 29.3 Å². The Kier molecular flexibility index (Phi) is 4.44. The first-order valence-electron chi connectivity index (χ1n) is 7.13. The van der Waals surface area contributed by atoms with Gasteiger partial charge in [-0.2, -0.15) is 5.26 Å². The van der Waals surface area contributed by atoms with Gasteiger partial charge in [-0.3, -0.25) is 0 Å². The van der Waals surface area contributed by atoms with Crippen molar-refractivity contribution in [2.75, 3.05) is 18.0 Å². The fourth-order valence-electron chi connectivity index (χ4n) is 3.07. The number of aryl methyl sites for hydroxylation is 2. The molecular formula is C16H23N3. The van der Waals surface area contributed by atoms with Crippen molar-refractivity contribution in [2.45, 2.75) is 45.7 Å². The van der Waals surface area contributed by atoms with Crippen LogP contribution in [0.15, 0.2) is 18.2 Å². The minimum Gasteiger partial charge on any atom is -0.362 e. The first kappa shape index (κ1) is 13.9. The Morgan fingerprint density at radius 1 is 1.42 bits per heavy atom. The SMILES string of the molecule is CCc1cccc(C)c1N1C(C)CNCC1CC#N. The molecule has 19 heavy (non-hydrogen) atoms. The lowest BCUT2D eigenvalue weighted by Gasteiger charge is -2.43. The molecule has 0 bridgehead atoms. The zero-order valence-electron chi connectivity index (χ0n) is 12.1. The van der Waals surface area contributed by atoms with Crippen LogP contribution < -0.4 is 10.2 Å². The smallest absolute Gasteiger partial charge is 0.0643 e. The number of anilines is 1. The molecule has 2 unspecified atom stereocenters. The van der Waals surface area contributed by atoms with E-state index in [0.717, 1.165) is 19.5 Å². The quantitative estimate of drug-likeness (QED) is 0.904. The van der Waals surface area contributed by atoms with Gasteiger partial charge in [-0.15, -0.1) is 0 Å². The number of nitriles is 1. The fourth-order valence-corrected chi connectivity index (χ4v) is 3.07. The molecule has 1 aliphatic rings. The lowest BCUT2D eigenvalue weighted by atomic mass is 9.98. The Morgan fingerprint density at radius 3 is 2.89 bits per heavy atom. The number of hydrogen-bond donors (Lipinski definition) is 1. The number of para-hydroxylation sites is 1. The van der Waals surface area contributed by atoms with E-state index in [2.05, 4.69) is 55.3 Å². The third-order valence-corrected chi connectivity index (χ3v) is 3.98. The second-order valence-electron chi connectivity index (χ2n) is 5.37. The van der Waals surface area contributed by atoms with Crippen molar-refractivity contribution in [1.29, 1.82) is 5.26 Å². The summed E-state index contributed by atoms with van der Waals surface area (Å²) >= 11 is 0. The van der Waals surface area contributed by atoms with Crippen LogP contribution in [0.25, 0.3) is 0 Å². The van der Waals surface area contributed by atoms with Crippen molar-refractivity contribution in [2.24, 2.45) is 0 Å². The predicted molar refractivity (Wildman–Crippen MR) is 79.4 cm³/mol. The van der Waals surface area contributed by atoms with Gasteiger partial charge >= 0.3 is 0 Å². The van der Waals surface area contributed by atoms with E-state index in [1.807, 2.05) is 0 Å². The van der Waals surface area contributed by atoms with Crippen LogP contribution in [0.3, 0.4) is 0 Å². The van der Waals surface area contributed by atoms with Gasteiger partial charge in [-0.1, -0.05) is 25.1 Å². The molecule has 0 amide bonds. The molecule has 0 aromatic heterocycles. The highest BCUT2D eigenvalue weighted by molar-refractivity contribution is 5.61. The van der Waals surface area contributed by atoms with E-state index in [4.69, 9.17) is 5.26 Å². The molecule has 2 atom stereocenters. The van der Waals surface area contributed by atoms with E-state index in [9.17, 15) is 0 Å². The molecule has 0 saturated carbocycles. The van der Waals surface area contributed by atoms with Crippen molar-refractivity contribution < 1.29 is 0 Å². The van der Waals surface area contributed by atoms with Gasteiger partial charge in [0.15, 0.2) is 0 Å². The van der Waals surface area contributed by atoms with Gasteiger partial charge in [0.1, 0.15) is 0 Å². The number of nitrogens with one attached hydrogen (secondary N) is 1. The maximum absolute atomic E-state index is 9.06. The van der Waals surface area contributed by atoms with E-state index < -0.39 is 0 Å². The number of nitrogens with zero attached hydrogens (tertiary/aromatic N) is 2. The van der Waals surface area contributed by atoms with Crippen molar-refractivity contribution in [3.8, 4) is 6.07 Å². The Morgan fingerprint density at radius 2 is 2.21 bits per heavy atom. The third kappa shape index (κ3) is 2.74. The molecule has 1 fully saturated rings. The summed E-state index contributed by atoms with van der Waals surface area (Å²) in [7, 11) is 0. The average molecular weight is 257 g/mol. The first-order chi connectivity index (χ1) is 9.19. The summed E-state index contributed by atoms with van der Waals surface area (Å²) in [4.78, 5) is 2.47. The van der Waals surface area contributed by atoms with Crippen LogP contribution in [0, 0.1) is 18.3 Å². The predicted octanol–water partition coefficient (Wildman–Crippen LogP) is 2.64. The van der Waals surface area contributed by atoms with E-state index >= 15 is 0 Å². The zero-order valence-corrected chi connectivity index (χ0v) is 12.1. The summed E-state index contributed by atoms with van der Waals surface area (Å²) in [5, 5.41) is 12.5. The van der Waals surface area contributed by atoms with Gasteiger partial charge in [-0.25, -0.2) is 0 Å². The van der Waals surface area contributed by atoms with Gasteiger partial charge in [0, 0.05) is 24.8 Å². The summed E-state index contributed by atoms with van der Waals surface area (Å²) in [5.74, 6) is 0. The van der Waals surface area contributed by atoms with Crippen LogP contribution in [-0.2, 0) is 6.42 Å². The molecule has 1 aliphatic heterocycles. The lowest BCUT2D eigenvalue weighted by Crippen LogP contribution is -2.56. The van der Waals surface area contributed by atoms with Crippen LogP contribution in [0.5, 0.6) is 0 Å². The maximum atomic E-state index is 9.06. The molecule has 102 valence electrons. The summed E-state index contributed by atoms with van der Waals surface area (Å²) in [6.07, 6.45) is 1.61. The van der Waals surface area contributed by atoms with Crippen LogP contribution >= 0.6 is 0 Å². The summed E-state index contributed by atoms with van der Waals surface area (Å²) in [6, 6.07) is 9.55. The van der Waals surface area contributed by atoms with E-state index in [1.54, 1.807) is 0 Å². The van der Waals surface area contributed by atoms with Crippen LogP contribution in [-0.4, -0.2) is 25.2 Å². The average Bonchev–Trinajstić information content (AvgIpc) is 2.40. The molecule has 1 aromatic rings. The highest BCUT2D eigenvalue weighted by Gasteiger charge is 2.29. The van der Waals surface area contributed by atoms with Crippen LogP contribution in [0.1, 0.15) is 31.4 Å². The highest BCUT2D eigenvalue weighted by atomic mass is 15.3. The Labute approximate surface area is 116 Å². The molecule has 3 nitrogen and oxygen atoms in total. The Hall–Kier alpha value is -1.53. The molecule has 0 aliphatic carbocycles. The molecule has 1 saturated heterocycles. The van der Waals surface area contributed by atoms with E-state index in [1.165, 1.54) is 16.8 Å².